The van der Waals surface area contributed by atoms with Crippen LogP contribution in [0, 0.1) is 10.1 Å². The predicted octanol–water partition coefficient (Wildman–Crippen LogP) is 3.58. The van der Waals surface area contributed by atoms with E-state index in [0.717, 1.165) is 0 Å². The summed E-state index contributed by atoms with van der Waals surface area (Å²) in [6, 6.07) is 10.9. The van der Waals surface area contributed by atoms with E-state index >= 15 is 0 Å². The Bertz CT molecular complexity index is 1040. The van der Waals surface area contributed by atoms with Gasteiger partial charge >= 0.3 is 5.76 Å². The van der Waals surface area contributed by atoms with Gasteiger partial charge in [-0.3, -0.25) is 19.5 Å². The van der Waals surface area contributed by atoms with Crippen LogP contribution in [0.2, 0.25) is 5.02 Å². The Kier molecular flexibility index (Phi) is 5.04. The van der Waals surface area contributed by atoms with Gasteiger partial charge in [0.15, 0.2) is 5.58 Å². The first-order chi connectivity index (χ1) is 12.5. The monoisotopic (exact) mass is 375 g/mol. The number of nitro groups is 1. The summed E-state index contributed by atoms with van der Waals surface area (Å²) in [6.45, 7) is 0.250. The molecule has 1 heterocycles. The first-order valence-electron chi connectivity index (χ1n) is 7.78. The number of nitrogens with one attached hydrogen (secondary N) is 1. The summed E-state index contributed by atoms with van der Waals surface area (Å²) >= 11 is 5.98. The minimum Gasteiger partial charge on any atom is -0.407 e. The van der Waals surface area contributed by atoms with E-state index in [9.17, 15) is 19.7 Å². The van der Waals surface area contributed by atoms with Gasteiger partial charge < -0.3 is 9.73 Å². The molecule has 1 amide bonds. The van der Waals surface area contributed by atoms with Gasteiger partial charge in [0.1, 0.15) is 0 Å². The molecule has 26 heavy (non-hydrogen) atoms. The normalized spacial score (nSPS) is 10.8. The lowest BCUT2D eigenvalue weighted by Crippen LogP contribution is -2.17. The number of carbonyl (C=O) groups excluding carboxylic acids is 1. The van der Waals surface area contributed by atoms with Gasteiger partial charge in [0.2, 0.25) is 5.91 Å². The van der Waals surface area contributed by atoms with E-state index in [4.69, 9.17) is 16.0 Å². The van der Waals surface area contributed by atoms with Gasteiger partial charge in [0.25, 0.3) is 5.69 Å². The molecular weight excluding hydrogens is 362 g/mol. The summed E-state index contributed by atoms with van der Waals surface area (Å²) in [7, 11) is 0. The summed E-state index contributed by atoms with van der Waals surface area (Å²) in [6.07, 6.45) is 0.569. The maximum Gasteiger partial charge on any atom is 0.419 e. The number of amides is 1. The summed E-state index contributed by atoms with van der Waals surface area (Å²) in [5.74, 6) is -0.846. The Morgan fingerprint density at radius 1 is 1.27 bits per heavy atom. The number of halogens is 1. The highest BCUT2D eigenvalue weighted by atomic mass is 35.5. The maximum absolute atomic E-state index is 12.0. The van der Waals surface area contributed by atoms with Crippen molar-refractivity contribution in [3.8, 4) is 0 Å². The number of hydrogen-bond donors (Lipinski definition) is 1. The van der Waals surface area contributed by atoms with Gasteiger partial charge in [-0.1, -0.05) is 23.7 Å². The number of fused-ring (bicyclic) bond motifs is 1. The van der Waals surface area contributed by atoms with Crippen LogP contribution < -0.4 is 11.1 Å². The molecule has 0 radical (unpaired) electrons. The van der Waals surface area contributed by atoms with Crippen LogP contribution in [0.1, 0.15) is 12.8 Å². The number of aromatic nitrogens is 1. The molecule has 3 aromatic rings. The molecule has 1 N–H and O–H groups in total. The number of carbonyl (C=O) groups is 1. The van der Waals surface area contributed by atoms with E-state index in [-0.39, 0.29) is 30.1 Å². The van der Waals surface area contributed by atoms with Crippen LogP contribution in [-0.4, -0.2) is 15.4 Å². The zero-order valence-electron chi connectivity index (χ0n) is 13.5. The molecule has 2 aromatic carbocycles. The number of benzene rings is 2. The predicted molar refractivity (Wildman–Crippen MR) is 96.4 cm³/mol. The molecule has 0 aliphatic carbocycles. The van der Waals surface area contributed by atoms with Gasteiger partial charge in [-0.25, -0.2) is 4.79 Å². The minimum absolute atomic E-state index is 0.143. The summed E-state index contributed by atoms with van der Waals surface area (Å²) < 4.78 is 6.39. The van der Waals surface area contributed by atoms with Crippen LogP contribution in [0.25, 0.3) is 11.1 Å². The average Bonchev–Trinajstić information content (AvgIpc) is 2.91. The van der Waals surface area contributed by atoms with E-state index < -0.39 is 10.7 Å². The van der Waals surface area contributed by atoms with Crippen molar-refractivity contribution in [2.75, 3.05) is 5.32 Å². The van der Waals surface area contributed by atoms with Gasteiger partial charge in [0, 0.05) is 19.0 Å². The lowest BCUT2D eigenvalue weighted by Gasteiger charge is -2.07. The minimum atomic E-state index is -0.619. The number of aryl methyl sites for hydroxylation is 1. The Balaban J connectivity index is 1.65. The van der Waals surface area contributed by atoms with E-state index in [1.807, 2.05) is 0 Å². The van der Waals surface area contributed by atoms with Crippen molar-refractivity contribution in [1.29, 1.82) is 0 Å². The molecule has 1 aromatic heterocycles. The van der Waals surface area contributed by atoms with Gasteiger partial charge in [-0.2, -0.15) is 0 Å². The van der Waals surface area contributed by atoms with E-state index in [1.165, 1.54) is 22.8 Å². The third-order valence-electron chi connectivity index (χ3n) is 3.80. The maximum atomic E-state index is 12.0. The second-order valence-corrected chi connectivity index (χ2v) is 5.97. The number of non-ortho nitro benzene ring substituents is 1. The van der Waals surface area contributed by atoms with Crippen molar-refractivity contribution < 1.29 is 14.1 Å². The topological polar surface area (TPSA) is 107 Å². The standard InChI is InChI=1S/C17H14ClN3O5/c18-12-4-1-2-5-13(12)19-16(22)6-3-9-20-14-8-7-11(21(24)25)10-15(14)26-17(20)23/h1-2,4-5,7-8,10H,3,6,9H2,(H,19,22). The van der Waals surface area contributed by atoms with Gasteiger partial charge in [0.05, 0.1) is 27.2 Å². The number of rotatable bonds is 6. The fourth-order valence-corrected chi connectivity index (χ4v) is 2.74. The molecule has 8 nitrogen and oxygen atoms in total. The molecule has 0 aliphatic rings. The second-order valence-electron chi connectivity index (χ2n) is 5.56. The Morgan fingerprint density at radius 2 is 2.04 bits per heavy atom. The van der Waals surface area contributed by atoms with Crippen LogP contribution in [0.5, 0.6) is 0 Å². The number of nitrogens with zero attached hydrogens (tertiary/aromatic N) is 2. The molecule has 0 atom stereocenters. The van der Waals surface area contributed by atoms with Crippen molar-refractivity contribution in [3.63, 3.8) is 0 Å². The molecule has 134 valence electrons. The van der Waals surface area contributed by atoms with Crippen LogP contribution in [0.15, 0.2) is 51.7 Å². The summed E-state index contributed by atoms with van der Waals surface area (Å²) in [5.41, 5.74) is 0.965. The molecule has 0 saturated heterocycles. The highest BCUT2D eigenvalue weighted by Gasteiger charge is 2.14. The van der Waals surface area contributed by atoms with Crippen LogP contribution in [0.3, 0.4) is 0 Å². The average molecular weight is 376 g/mol. The largest absolute Gasteiger partial charge is 0.419 e. The lowest BCUT2D eigenvalue weighted by atomic mass is 10.2. The van der Waals surface area contributed by atoms with Gasteiger partial charge in [-0.05, 0) is 24.6 Å². The van der Waals surface area contributed by atoms with E-state index in [1.54, 1.807) is 24.3 Å². The highest BCUT2D eigenvalue weighted by molar-refractivity contribution is 6.33. The third-order valence-corrected chi connectivity index (χ3v) is 4.13. The Hall–Kier alpha value is -3.13. The second kappa shape index (κ2) is 7.40. The SMILES string of the molecule is O=C(CCCn1c(=O)oc2cc([N+](=O)[O-])ccc21)Nc1ccccc1Cl. The Labute approximate surface area is 152 Å². The van der Waals surface area contributed by atoms with Crippen molar-refractivity contribution in [2.24, 2.45) is 0 Å². The fraction of sp³-hybridized carbons (Fsp3) is 0.176. The highest BCUT2D eigenvalue weighted by Crippen LogP contribution is 2.22. The molecule has 0 spiro atoms. The van der Waals surface area contributed by atoms with Gasteiger partial charge in [-0.15, -0.1) is 0 Å². The molecule has 0 bridgehead atoms. The van der Waals surface area contributed by atoms with E-state index in [2.05, 4.69) is 5.32 Å². The molecule has 0 fully saturated rings. The lowest BCUT2D eigenvalue weighted by molar-refractivity contribution is -0.384. The molecule has 0 unspecified atom stereocenters. The van der Waals surface area contributed by atoms with Crippen LogP contribution >= 0.6 is 11.6 Å². The molecule has 3 rings (SSSR count). The molecule has 9 heteroatoms. The zero-order chi connectivity index (χ0) is 18.7. The first kappa shape index (κ1) is 17.7. The number of hydrogen-bond acceptors (Lipinski definition) is 5. The molecule has 0 saturated carbocycles. The fourth-order valence-electron chi connectivity index (χ4n) is 2.55. The van der Waals surface area contributed by atoms with E-state index in [0.29, 0.717) is 22.6 Å². The first-order valence-corrected chi connectivity index (χ1v) is 8.15. The number of para-hydroxylation sites is 1. The third kappa shape index (κ3) is 3.75. The summed E-state index contributed by atoms with van der Waals surface area (Å²) in [4.78, 5) is 34.2. The van der Waals surface area contributed by atoms with Crippen molar-refractivity contribution in [1.82, 2.24) is 4.57 Å². The van der Waals surface area contributed by atoms with Crippen LogP contribution in [0.4, 0.5) is 11.4 Å². The van der Waals surface area contributed by atoms with Crippen molar-refractivity contribution >= 4 is 40.0 Å². The summed E-state index contributed by atoms with van der Waals surface area (Å²) in [5, 5.41) is 13.9. The van der Waals surface area contributed by atoms with Crippen molar-refractivity contribution in [3.05, 3.63) is 68.2 Å². The molecule has 0 aliphatic heterocycles. The van der Waals surface area contributed by atoms with Crippen LogP contribution in [-0.2, 0) is 11.3 Å². The number of nitro benzene ring substituents is 1. The van der Waals surface area contributed by atoms with Crippen molar-refractivity contribution in [2.45, 2.75) is 19.4 Å². The number of anilines is 1. The molecular formula is C17H14ClN3O5. The quantitative estimate of drug-likeness (QED) is 0.523. The Morgan fingerprint density at radius 3 is 2.77 bits per heavy atom. The number of oxazole rings is 1. The zero-order valence-corrected chi connectivity index (χ0v) is 14.2. The smallest absolute Gasteiger partial charge is 0.407 e.